The zero-order valence-electron chi connectivity index (χ0n) is 10.2. The summed E-state index contributed by atoms with van der Waals surface area (Å²) >= 11 is 1.67. The molecule has 1 saturated heterocycles. The first-order valence-corrected chi connectivity index (χ1v) is 6.70. The van der Waals surface area contributed by atoms with Crippen molar-refractivity contribution in [2.75, 3.05) is 12.4 Å². The molecule has 0 spiro atoms. The first-order chi connectivity index (χ1) is 8.09. The van der Waals surface area contributed by atoms with Crippen LogP contribution in [0.2, 0.25) is 0 Å². The fourth-order valence-corrected chi connectivity index (χ4v) is 3.30. The number of rotatable bonds is 4. The summed E-state index contributed by atoms with van der Waals surface area (Å²) < 4.78 is 7.38. The number of nitrogens with one attached hydrogen (secondary N) is 1. The predicted molar refractivity (Wildman–Crippen MR) is 68.7 cm³/mol. The van der Waals surface area contributed by atoms with E-state index in [1.165, 1.54) is 0 Å². The van der Waals surface area contributed by atoms with Crippen molar-refractivity contribution >= 4 is 17.6 Å². The van der Waals surface area contributed by atoms with Crippen LogP contribution in [0.4, 0.5) is 0 Å². The van der Waals surface area contributed by atoms with Crippen LogP contribution in [0.5, 0.6) is 0 Å². The van der Waals surface area contributed by atoms with Crippen molar-refractivity contribution in [1.82, 2.24) is 9.78 Å². The van der Waals surface area contributed by atoms with Crippen molar-refractivity contribution in [2.45, 2.75) is 30.9 Å². The van der Waals surface area contributed by atoms with Crippen LogP contribution >= 0.6 is 11.8 Å². The van der Waals surface area contributed by atoms with Gasteiger partial charge in [-0.25, -0.2) is 0 Å². The van der Waals surface area contributed by atoms with Crippen molar-refractivity contribution in [3.8, 4) is 0 Å². The fraction of sp³-hybridized carbons (Fsp3) is 0.636. The lowest BCUT2D eigenvalue weighted by atomic mass is 10.2. The number of nitrogens with zero attached hydrogens (tertiary/aromatic N) is 2. The summed E-state index contributed by atoms with van der Waals surface area (Å²) in [6, 6.07) is 0. The van der Waals surface area contributed by atoms with Crippen LogP contribution in [-0.4, -0.2) is 34.1 Å². The summed E-state index contributed by atoms with van der Waals surface area (Å²) in [5, 5.41) is 12.9. The zero-order chi connectivity index (χ0) is 12.4. The largest absolute Gasteiger partial charge is 0.384 e. The van der Waals surface area contributed by atoms with E-state index in [0.29, 0.717) is 6.10 Å². The molecule has 17 heavy (non-hydrogen) atoms. The molecule has 1 unspecified atom stereocenters. The summed E-state index contributed by atoms with van der Waals surface area (Å²) in [4.78, 5) is 0. The minimum absolute atomic E-state index is 0.0884. The van der Waals surface area contributed by atoms with Crippen molar-refractivity contribution in [2.24, 2.45) is 12.8 Å². The maximum absolute atomic E-state index is 7.60. The van der Waals surface area contributed by atoms with Gasteiger partial charge in [0.15, 0.2) is 0 Å². The predicted octanol–water partition coefficient (Wildman–Crippen LogP) is 1.28. The summed E-state index contributed by atoms with van der Waals surface area (Å²) in [5.74, 6) is 0.990. The van der Waals surface area contributed by atoms with Gasteiger partial charge >= 0.3 is 0 Å². The van der Waals surface area contributed by atoms with Gasteiger partial charge in [0, 0.05) is 19.4 Å². The highest BCUT2D eigenvalue weighted by atomic mass is 32.2. The van der Waals surface area contributed by atoms with Crippen LogP contribution in [0.3, 0.4) is 0 Å². The van der Waals surface area contributed by atoms with Crippen LogP contribution in [0.1, 0.15) is 24.1 Å². The number of hydrogen-bond donors (Lipinski definition) is 2. The molecule has 1 aliphatic rings. The molecule has 0 aromatic carbocycles. The molecule has 3 N–H and O–H groups in total. The van der Waals surface area contributed by atoms with Crippen LogP contribution in [0.25, 0.3) is 0 Å². The van der Waals surface area contributed by atoms with Crippen molar-refractivity contribution in [1.29, 1.82) is 5.41 Å². The molecule has 0 aliphatic carbocycles. The molecular weight excluding hydrogens is 236 g/mol. The molecular formula is C11H18N4OS. The Hall–Kier alpha value is -1.01. The quantitative estimate of drug-likeness (QED) is 0.482. The second-order valence-electron chi connectivity index (χ2n) is 4.25. The molecule has 0 saturated carbocycles. The first-order valence-electron chi connectivity index (χ1n) is 5.72. The van der Waals surface area contributed by atoms with Crippen LogP contribution in [0, 0.1) is 12.3 Å². The molecule has 1 aromatic rings. The number of aromatic nitrogens is 2. The Labute approximate surface area is 105 Å². The molecule has 5 nitrogen and oxygen atoms in total. The third kappa shape index (κ3) is 2.63. The molecule has 0 radical (unpaired) electrons. The standard InChI is InChI=1S/C11H18N4OS/c1-7-9(10(12)13)11(15(2)14-7)17-6-8-4-3-5-16-8/h8H,3-6H2,1-2H3,(H3,12,13). The fourth-order valence-electron chi connectivity index (χ4n) is 2.06. The number of nitrogen functional groups attached to an aromatic ring is 1. The van der Waals surface area contributed by atoms with E-state index in [-0.39, 0.29) is 5.84 Å². The Morgan fingerprint density at radius 3 is 3.06 bits per heavy atom. The van der Waals surface area contributed by atoms with E-state index in [2.05, 4.69) is 5.10 Å². The van der Waals surface area contributed by atoms with Gasteiger partial charge in [0.1, 0.15) is 10.9 Å². The van der Waals surface area contributed by atoms with E-state index in [0.717, 1.165) is 41.5 Å². The number of aryl methyl sites for hydroxylation is 2. The van der Waals surface area contributed by atoms with E-state index in [9.17, 15) is 0 Å². The van der Waals surface area contributed by atoms with Gasteiger partial charge in [-0.1, -0.05) is 0 Å². The summed E-state index contributed by atoms with van der Waals surface area (Å²) in [6.45, 7) is 2.75. The smallest absolute Gasteiger partial charge is 0.127 e. The highest BCUT2D eigenvalue weighted by Crippen LogP contribution is 2.27. The lowest BCUT2D eigenvalue weighted by Gasteiger charge is -2.10. The lowest BCUT2D eigenvalue weighted by Crippen LogP contribution is -2.14. The van der Waals surface area contributed by atoms with Gasteiger partial charge in [-0.15, -0.1) is 11.8 Å². The molecule has 1 aliphatic heterocycles. The molecule has 1 fully saturated rings. The second kappa shape index (κ2) is 5.10. The molecule has 2 rings (SSSR count). The zero-order valence-corrected chi connectivity index (χ0v) is 11.0. The summed E-state index contributed by atoms with van der Waals surface area (Å²) in [7, 11) is 1.89. The Morgan fingerprint density at radius 2 is 2.47 bits per heavy atom. The van der Waals surface area contributed by atoms with Gasteiger partial charge in [0.25, 0.3) is 0 Å². The maximum atomic E-state index is 7.60. The number of thioether (sulfide) groups is 1. The van der Waals surface area contributed by atoms with Gasteiger partial charge in [-0.05, 0) is 19.8 Å². The average molecular weight is 254 g/mol. The molecule has 1 aromatic heterocycles. The van der Waals surface area contributed by atoms with Crippen LogP contribution in [-0.2, 0) is 11.8 Å². The molecule has 0 bridgehead atoms. The molecule has 2 heterocycles. The van der Waals surface area contributed by atoms with Crippen LogP contribution < -0.4 is 5.73 Å². The molecule has 1 atom stereocenters. The van der Waals surface area contributed by atoms with Gasteiger partial charge in [0.2, 0.25) is 0 Å². The molecule has 6 heteroatoms. The molecule has 94 valence electrons. The highest BCUT2D eigenvalue weighted by Gasteiger charge is 2.20. The second-order valence-corrected chi connectivity index (χ2v) is 5.26. The third-order valence-corrected chi connectivity index (χ3v) is 4.15. The monoisotopic (exact) mass is 254 g/mol. The minimum Gasteiger partial charge on any atom is -0.384 e. The van der Waals surface area contributed by atoms with Crippen molar-refractivity contribution in [3.05, 3.63) is 11.3 Å². The summed E-state index contributed by atoms with van der Waals surface area (Å²) in [6.07, 6.45) is 2.60. The number of hydrogen-bond acceptors (Lipinski definition) is 4. The maximum Gasteiger partial charge on any atom is 0.127 e. The van der Waals surface area contributed by atoms with Gasteiger partial charge in [-0.3, -0.25) is 10.1 Å². The first kappa shape index (κ1) is 12.4. The number of amidine groups is 1. The number of ether oxygens (including phenoxy) is 1. The van der Waals surface area contributed by atoms with Gasteiger partial charge < -0.3 is 10.5 Å². The van der Waals surface area contributed by atoms with Gasteiger partial charge in [-0.2, -0.15) is 5.10 Å². The lowest BCUT2D eigenvalue weighted by molar-refractivity contribution is 0.129. The van der Waals surface area contributed by atoms with E-state index < -0.39 is 0 Å². The average Bonchev–Trinajstić information content (AvgIpc) is 2.83. The topological polar surface area (TPSA) is 76.9 Å². The Morgan fingerprint density at radius 1 is 1.71 bits per heavy atom. The van der Waals surface area contributed by atoms with E-state index in [1.54, 1.807) is 16.4 Å². The number of nitrogens with two attached hydrogens (primary N) is 1. The summed E-state index contributed by atoms with van der Waals surface area (Å²) in [5.41, 5.74) is 7.17. The Bertz CT molecular complexity index is 423. The van der Waals surface area contributed by atoms with Gasteiger partial charge in [0.05, 0.1) is 17.4 Å². The Kier molecular flexibility index (Phi) is 3.73. The minimum atomic E-state index is 0.0884. The van der Waals surface area contributed by atoms with E-state index >= 15 is 0 Å². The van der Waals surface area contributed by atoms with Crippen molar-refractivity contribution < 1.29 is 4.74 Å². The third-order valence-electron chi connectivity index (χ3n) is 2.87. The Balaban J connectivity index is 2.11. The highest BCUT2D eigenvalue weighted by molar-refractivity contribution is 7.99. The SMILES string of the molecule is Cc1nn(C)c(SCC2CCCO2)c1C(=N)N. The van der Waals surface area contributed by atoms with Crippen molar-refractivity contribution in [3.63, 3.8) is 0 Å². The van der Waals surface area contributed by atoms with Crippen LogP contribution in [0.15, 0.2) is 5.03 Å². The van der Waals surface area contributed by atoms with E-state index in [1.807, 2.05) is 14.0 Å². The molecule has 0 amide bonds. The van der Waals surface area contributed by atoms with E-state index in [4.69, 9.17) is 15.9 Å². The normalized spacial score (nSPS) is 19.8.